The minimum Gasteiger partial charge on any atom is -0.327 e. The summed E-state index contributed by atoms with van der Waals surface area (Å²) in [6.07, 6.45) is 0.813. The Hall–Kier alpha value is -1.79. The molecule has 0 amide bonds. The third-order valence-electron chi connectivity index (χ3n) is 3.11. The van der Waals surface area contributed by atoms with Gasteiger partial charge < -0.3 is 5.73 Å². The van der Waals surface area contributed by atoms with Crippen LogP contribution in [0.5, 0.6) is 0 Å². The zero-order valence-corrected chi connectivity index (χ0v) is 12.7. The van der Waals surface area contributed by atoms with Gasteiger partial charge >= 0.3 is 0 Å². The van der Waals surface area contributed by atoms with E-state index in [-0.39, 0.29) is 18.2 Å². The van der Waals surface area contributed by atoms with Crippen molar-refractivity contribution >= 4 is 21.6 Å². The fourth-order valence-corrected chi connectivity index (χ4v) is 2.66. The SMILES string of the molecule is NC(Cc1cccc(Br)c1)Cc1cc(F)ccc1[N+](=O)[O-]. The molecule has 0 radical (unpaired) electrons. The van der Waals surface area contributed by atoms with Crippen LogP contribution in [-0.2, 0) is 12.8 Å². The summed E-state index contributed by atoms with van der Waals surface area (Å²) in [6, 6.07) is 10.8. The van der Waals surface area contributed by atoms with Crippen LogP contribution >= 0.6 is 15.9 Å². The average Bonchev–Trinajstić information content (AvgIpc) is 2.38. The van der Waals surface area contributed by atoms with E-state index in [0.717, 1.165) is 16.1 Å². The third kappa shape index (κ3) is 4.34. The summed E-state index contributed by atoms with van der Waals surface area (Å²) >= 11 is 3.38. The van der Waals surface area contributed by atoms with Gasteiger partial charge in [-0.1, -0.05) is 28.1 Å². The minimum atomic E-state index is -0.513. The van der Waals surface area contributed by atoms with Gasteiger partial charge in [0.05, 0.1) is 4.92 Å². The van der Waals surface area contributed by atoms with E-state index in [1.807, 2.05) is 24.3 Å². The van der Waals surface area contributed by atoms with Crippen molar-refractivity contribution in [3.8, 4) is 0 Å². The molecule has 110 valence electrons. The van der Waals surface area contributed by atoms with E-state index < -0.39 is 10.7 Å². The Morgan fingerprint density at radius 3 is 2.67 bits per heavy atom. The molecular weight excluding hydrogens is 339 g/mol. The molecular formula is C15H14BrFN2O2. The number of hydrogen-bond donors (Lipinski definition) is 1. The van der Waals surface area contributed by atoms with Crippen LogP contribution in [0, 0.1) is 15.9 Å². The van der Waals surface area contributed by atoms with Gasteiger partial charge in [0.1, 0.15) is 5.82 Å². The van der Waals surface area contributed by atoms with Crippen molar-refractivity contribution in [3.05, 3.63) is 74.0 Å². The van der Waals surface area contributed by atoms with E-state index in [0.29, 0.717) is 12.0 Å². The van der Waals surface area contributed by atoms with Crippen molar-refractivity contribution in [2.75, 3.05) is 0 Å². The Bertz CT molecular complexity index is 664. The molecule has 2 aromatic rings. The molecule has 2 rings (SSSR count). The third-order valence-corrected chi connectivity index (χ3v) is 3.60. The first-order valence-corrected chi connectivity index (χ1v) is 7.18. The highest BCUT2D eigenvalue weighted by Gasteiger charge is 2.17. The molecule has 21 heavy (non-hydrogen) atoms. The molecule has 1 atom stereocenters. The summed E-state index contributed by atoms with van der Waals surface area (Å²) in [7, 11) is 0. The highest BCUT2D eigenvalue weighted by Crippen LogP contribution is 2.22. The Labute approximate surface area is 130 Å². The monoisotopic (exact) mass is 352 g/mol. The van der Waals surface area contributed by atoms with Crippen LogP contribution in [0.1, 0.15) is 11.1 Å². The molecule has 4 nitrogen and oxygen atoms in total. The summed E-state index contributed by atoms with van der Waals surface area (Å²) in [5, 5.41) is 11.0. The van der Waals surface area contributed by atoms with Gasteiger partial charge in [0, 0.05) is 22.1 Å². The lowest BCUT2D eigenvalue weighted by molar-refractivity contribution is -0.385. The van der Waals surface area contributed by atoms with Crippen LogP contribution in [0.2, 0.25) is 0 Å². The molecule has 0 saturated heterocycles. The molecule has 6 heteroatoms. The van der Waals surface area contributed by atoms with Crippen molar-refractivity contribution in [2.45, 2.75) is 18.9 Å². The summed E-state index contributed by atoms with van der Waals surface area (Å²) < 4.78 is 14.2. The Morgan fingerprint density at radius 1 is 1.24 bits per heavy atom. The minimum absolute atomic E-state index is 0.0962. The van der Waals surface area contributed by atoms with Crippen molar-refractivity contribution in [1.29, 1.82) is 0 Å². The highest BCUT2D eigenvalue weighted by atomic mass is 79.9. The van der Waals surface area contributed by atoms with Gasteiger partial charge in [0.25, 0.3) is 5.69 Å². The molecule has 0 aliphatic carbocycles. The second-order valence-corrected chi connectivity index (χ2v) is 5.74. The van der Waals surface area contributed by atoms with E-state index in [1.54, 1.807) is 0 Å². The number of hydrogen-bond acceptors (Lipinski definition) is 3. The van der Waals surface area contributed by atoms with Gasteiger partial charge in [-0.15, -0.1) is 0 Å². The molecule has 0 heterocycles. The molecule has 0 spiro atoms. The number of nitro benzene ring substituents is 1. The lowest BCUT2D eigenvalue weighted by Crippen LogP contribution is -2.26. The van der Waals surface area contributed by atoms with E-state index in [2.05, 4.69) is 15.9 Å². The van der Waals surface area contributed by atoms with Crippen molar-refractivity contribution in [3.63, 3.8) is 0 Å². The molecule has 0 aliphatic rings. The predicted molar refractivity (Wildman–Crippen MR) is 82.6 cm³/mol. The fourth-order valence-electron chi connectivity index (χ4n) is 2.22. The number of nitrogens with two attached hydrogens (primary N) is 1. The Morgan fingerprint density at radius 2 is 2.00 bits per heavy atom. The van der Waals surface area contributed by atoms with Gasteiger partial charge in [-0.3, -0.25) is 10.1 Å². The van der Waals surface area contributed by atoms with E-state index in [4.69, 9.17) is 5.73 Å². The zero-order chi connectivity index (χ0) is 15.4. The first-order chi connectivity index (χ1) is 9.95. The number of rotatable bonds is 5. The van der Waals surface area contributed by atoms with Crippen molar-refractivity contribution in [2.24, 2.45) is 5.73 Å². The number of benzene rings is 2. The smallest absolute Gasteiger partial charge is 0.272 e. The van der Waals surface area contributed by atoms with Gasteiger partial charge in [-0.05, 0) is 42.7 Å². The second kappa shape index (κ2) is 6.78. The van der Waals surface area contributed by atoms with Gasteiger partial charge in [0.15, 0.2) is 0 Å². The summed E-state index contributed by atoms with van der Waals surface area (Å²) in [5.41, 5.74) is 7.30. The number of nitro groups is 1. The standard InChI is InChI=1S/C15H14BrFN2O2/c16-12-3-1-2-10(6-12)7-14(18)9-11-8-13(17)4-5-15(11)19(20)21/h1-6,8,14H,7,9,18H2. The molecule has 2 N–H and O–H groups in total. The van der Waals surface area contributed by atoms with Crippen LogP contribution < -0.4 is 5.73 Å². The molecule has 0 saturated carbocycles. The van der Waals surface area contributed by atoms with E-state index in [1.165, 1.54) is 12.1 Å². The van der Waals surface area contributed by atoms with Crippen molar-refractivity contribution in [1.82, 2.24) is 0 Å². The maximum atomic E-state index is 13.3. The molecule has 0 fully saturated rings. The number of nitrogens with zero attached hydrogens (tertiary/aromatic N) is 1. The lowest BCUT2D eigenvalue weighted by atomic mass is 9.98. The van der Waals surface area contributed by atoms with Crippen LogP contribution in [0.25, 0.3) is 0 Å². The van der Waals surface area contributed by atoms with Crippen LogP contribution in [0.15, 0.2) is 46.9 Å². The fraction of sp³-hybridized carbons (Fsp3) is 0.200. The topological polar surface area (TPSA) is 69.2 Å². The Balaban J connectivity index is 2.14. The van der Waals surface area contributed by atoms with Gasteiger partial charge in [0.2, 0.25) is 0 Å². The maximum Gasteiger partial charge on any atom is 0.272 e. The molecule has 0 aromatic heterocycles. The van der Waals surface area contributed by atoms with E-state index in [9.17, 15) is 14.5 Å². The van der Waals surface area contributed by atoms with Crippen molar-refractivity contribution < 1.29 is 9.31 Å². The molecule has 0 bridgehead atoms. The predicted octanol–water partition coefficient (Wildman–Crippen LogP) is 3.61. The summed E-state index contributed by atoms with van der Waals surface area (Å²) in [4.78, 5) is 10.4. The quantitative estimate of drug-likeness (QED) is 0.660. The zero-order valence-electron chi connectivity index (χ0n) is 11.1. The van der Waals surface area contributed by atoms with Gasteiger partial charge in [-0.2, -0.15) is 0 Å². The van der Waals surface area contributed by atoms with Crippen LogP contribution in [-0.4, -0.2) is 11.0 Å². The number of halogens is 2. The lowest BCUT2D eigenvalue weighted by Gasteiger charge is -2.12. The Kier molecular flexibility index (Phi) is 5.03. The molecule has 1 unspecified atom stereocenters. The molecule has 2 aromatic carbocycles. The maximum absolute atomic E-state index is 13.3. The van der Waals surface area contributed by atoms with E-state index >= 15 is 0 Å². The first-order valence-electron chi connectivity index (χ1n) is 6.38. The average molecular weight is 353 g/mol. The largest absolute Gasteiger partial charge is 0.327 e. The summed E-state index contributed by atoms with van der Waals surface area (Å²) in [6.45, 7) is 0. The van der Waals surface area contributed by atoms with Crippen LogP contribution in [0.3, 0.4) is 0 Å². The highest BCUT2D eigenvalue weighted by molar-refractivity contribution is 9.10. The second-order valence-electron chi connectivity index (χ2n) is 4.83. The van der Waals surface area contributed by atoms with Crippen LogP contribution in [0.4, 0.5) is 10.1 Å². The molecule has 0 aliphatic heterocycles. The van der Waals surface area contributed by atoms with Gasteiger partial charge in [-0.25, -0.2) is 4.39 Å². The first kappa shape index (κ1) is 15.6. The normalized spacial score (nSPS) is 12.1. The summed E-state index contributed by atoms with van der Waals surface area (Å²) in [5.74, 6) is -0.495.